The molecule has 0 spiro atoms. The van der Waals surface area contributed by atoms with E-state index in [1.54, 1.807) is 24.3 Å². The number of hydrogen-bond donors (Lipinski definition) is 1. The number of esters is 1. The summed E-state index contributed by atoms with van der Waals surface area (Å²) in [6.45, 7) is 1.48. The van der Waals surface area contributed by atoms with E-state index in [2.05, 4.69) is 9.89 Å². The third-order valence-electron chi connectivity index (χ3n) is 3.27. The number of hydrogen-bond acceptors (Lipinski definition) is 7. The molecule has 25 heavy (non-hydrogen) atoms. The first-order valence-electron chi connectivity index (χ1n) is 7.08. The Morgan fingerprint density at radius 2 is 2.00 bits per heavy atom. The fraction of sp³-hybridized carbons (Fsp3) is 0.267. The van der Waals surface area contributed by atoms with Crippen LogP contribution in [0.2, 0.25) is 5.02 Å². The third-order valence-corrected chi connectivity index (χ3v) is 4.84. The van der Waals surface area contributed by atoms with Crippen LogP contribution in [-0.4, -0.2) is 38.3 Å². The van der Waals surface area contributed by atoms with Crippen molar-refractivity contribution in [3.8, 4) is 11.3 Å². The highest BCUT2D eigenvalue weighted by molar-refractivity contribution is 7.90. The Hall–Kier alpha value is -2.39. The van der Waals surface area contributed by atoms with E-state index in [1.165, 1.54) is 6.92 Å². The van der Waals surface area contributed by atoms with Crippen LogP contribution in [0.4, 0.5) is 0 Å². The zero-order chi connectivity index (χ0) is 18.6. The molecule has 8 nitrogen and oxygen atoms in total. The van der Waals surface area contributed by atoms with Crippen molar-refractivity contribution in [3.63, 3.8) is 0 Å². The molecule has 1 aromatic heterocycles. The Balaban J connectivity index is 2.28. The van der Waals surface area contributed by atoms with Gasteiger partial charge in [0, 0.05) is 5.56 Å². The largest absolute Gasteiger partial charge is 0.469 e. The number of methoxy groups -OCH3 is 1. The van der Waals surface area contributed by atoms with Gasteiger partial charge in [0.25, 0.3) is 5.91 Å². The van der Waals surface area contributed by atoms with E-state index < -0.39 is 27.7 Å². The number of amides is 1. The van der Waals surface area contributed by atoms with Gasteiger partial charge in [0.2, 0.25) is 10.0 Å². The molecule has 1 N–H and O–H groups in total. The summed E-state index contributed by atoms with van der Waals surface area (Å²) in [7, 11) is -2.90. The quantitative estimate of drug-likeness (QED) is 0.754. The molecule has 0 fully saturated rings. The normalized spacial score (nSPS) is 11.2. The van der Waals surface area contributed by atoms with Crippen LogP contribution in [0.15, 0.2) is 28.8 Å². The van der Waals surface area contributed by atoms with Gasteiger partial charge in [-0.25, -0.2) is 13.1 Å². The van der Waals surface area contributed by atoms with Crippen molar-refractivity contribution in [2.24, 2.45) is 0 Å². The first-order valence-corrected chi connectivity index (χ1v) is 9.11. The zero-order valence-electron chi connectivity index (χ0n) is 13.4. The molecule has 0 aliphatic heterocycles. The lowest BCUT2D eigenvalue weighted by Crippen LogP contribution is -2.33. The van der Waals surface area contributed by atoms with Gasteiger partial charge in [-0.2, -0.15) is 0 Å². The minimum atomic E-state index is -4.04. The summed E-state index contributed by atoms with van der Waals surface area (Å²) >= 11 is 6.10. The van der Waals surface area contributed by atoms with E-state index in [9.17, 15) is 18.0 Å². The molecule has 0 bridgehead atoms. The van der Waals surface area contributed by atoms with E-state index in [0.717, 1.165) is 7.11 Å². The van der Waals surface area contributed by atoms with Gasteiger partial charge in [0.15, 0.2) is 0 Å². The van der Waals surface area contributed by atoms with E-state index in [4.69, 9.17) is 16.1 Å². The number of halogens is 1. The predicted octanol–water partition coefficient (Wildman–Crippen LogP) is 1.93. The molecule has 0 saturated carbocycles. The van der Waals surface area contributed by atoms with E-state index >= 15 is 0 Å². The summed E-state index contributed by atoms with van der Waals surface area (Å²) in [6, 6.07) is 6.63. The fourth-order valence-electron chi connectivity index (χ4n) is 2.04. The second-order valence-electron chi connectivity index (χ2n) is 5.02. The highest BCUT2D eigenvalue weighted by Gasteiger charge is 2.26. The van der Waals surface area contributed by atoms with Gasteiger partial charge in [-0.15, -0.1) is 0 Å². The first-order chi connectivity index (χ1) is 11.7. The van der Waals surface area contributed by atoms with Crippen LogP contribution in [0.25, 0.3) is 11.3 Å². The van der Waals surface area contributed by atoms with Crippen LogP contribution >= 0.6 is 11.6 Å². The van der Waals surface area contributed by atoms with Crippen LogP contribution in [0.3, 0.4) is 0 Å². The van der Waals surface area contributed by atoms with Gasteiger partial charge in [-0.05, 0) is 13.0 Å². The van der Waals surface area contributed by atoms with Crippen molar-refractivity contribution in [1.82, 2.24) is 9.88 Å². The van der Waals surface area contributed by atoms with Crippen molar-refractivity contribution < 1.29 is 27.3 Å². The minimum Gasteiger partial charge on any atom is -0.469 e. The zero-order valence-corrected chi connectivity index (χ0v) is 15.0. The van der Waals surface area contributed by atoms with Crippen LogP contribution < -0.4 is 4.72 Å². The summed E-state index contributed by atoms with van der Waals surface area (Å²) in [5, 5.41) is 4.13. The number of nitrogens with one attached hydrogen (secondary N) is 1. The molecular formula is C15H15ClN2O6S. The number of nitrogens with zero attached hydrogens (tertiary/aromatic N) is 1. The van der Waals surface area contributed by atoms with Gasteiger partial charge >= 0.3 is 5.97 Å². The molecule has 0 aliphatic rings. The topological polar surface area (TPSA) is 116 Å². The number of carbonyl (C=O) groups excluding carboxylic acids is 2. The molecular weight excluding hydrogens is 372 g/mol. The summed E-state index contributed by atoms with van der Waals surface area (Å²) in [5.74, 6) is -2.07. The van der Waals surface area contributed by atoms with Crippen LogP contribution in [0.5, 0.6) is 0 Å². The van der Waals surface area contributed by atoms with Gasteiger partial charge in [0.05, 0.1) is 24.3 Å². The number of aromatic nitrogens is 1. The Labute approximate surface area is 149 Å². The third kappa shape index (κ3) is 4.58. The minimum absolute atomic E-state index is 0.0465. The molecule has 10 heteroatoms. The molecule has 0 atom stereocenters. The monoisotopic (exact) mass is 386 g/mol. The number of ether oxygens (including phenoxy) is 1. The maximum absolute atomic E-state index is 12.4. The molecule has 1 heterocycles. The lowest BCUT2D eigenvalue weighted by atomic mass is 10.1. The van der Waals surface area contributed by atoms with Crippen molar-refractivity contribution in [3.05, 3.63) is 40.6 Å². The predicted molar refractivity (Wildman–Crippen MR) is 89.6 cm³/mol. The second-order valence-corrected chi connectivity index (χ2v) is 7.27. The summed E-state index contributed by atoms with van der Waals surface area (Å²) in [5.41, 5.74) is 0.511. The Bertz CT molecular complexity index is 906. The molecule has 1 amide bonds. The van der Waals surface area contributed by atoms with E-state index in [1.807, 2.05) is 4.72 Å². The number of carbonyl (C=O) groups is 2. The van der Waals surface area contributed by atoms with E-state index in [-0.39, 0.29) is 23.4 Å². The molecule has 1 aromatic carbocycles. The van der Waals surface area contributed by atoms with Crippen molar-refractivity contribution in [2.75, 3.05) is 12.9 Å². The molecule has 0 saturated heterocycles. The molecule has 134 valence electrons. The second kappa shape index (κ2) is 7.66. The van der Waals surface area contributed by atoms with Crippen molar-refractivity contribution >= 4 is 33.5 Å². The number of sulfonamides is 1. The van der Waals surface area contributed by atoms with Gasteiger partial charge in [-0.3, -0.25) is 9.59 Å². The molecule has 0 radical (unpaired) electrons. The number of benzene rings is 1. The molecule has 0 aliphatic carbocycles. The van der Waals surface area contributed by atoms with Gasteiger partial charge in [-0.1, -0.05) is 35.0 Å². The summed E-state index contributed by atoms with van der Waals surface area (Å²) in [4.78, 5) is 23.5. The van der Waals surface area contributed by atoms with Crippen molar-refractivity contribution in [2.45, 2.75) is 13.3 Å². The van der Waals surface area contributed by atoms with Gasteiger partial charge in [0.1, 0.15) is 17.0 Å². The molecule has 2 aromatic rings. The first kappa shape index (κ1) is 18.9. The van der Waals surface area contributed by atoms with Crippen LogP contribution in [0, 0.1) is 6.92 Å². The molecule has 2 rings (SSSR count). The smallest absolute Gasteiger partial charge is 0.306 e. The lowest BCUT2D eigenvalue weighted by molar-refractivity contribution is -0.140. The lowest BCUT2D eigenvalue weighted by Gasteiger charge is -2.07. The number of aryl methyl sites for hydroxylation is 1. The van der Waals surface area contributed by atoms with E-state index in [0.29, 0.717) is 10.6 Å². The maximum atomic E-state index is 12.4. The van der Waals surface area contributed by atoms with Crippen LogP contribution in [-0.2, 0) is 19.6 Å². The summed E-state index contributed by atoms with van der Waals surface area (Å²) in [6.07, 6.45) is -0.376. The highest BCUT2D eigenvalue weighted by atomic mass is 35.5. The van der Waals surface area contributed by atoms with Crippen LogP contribution in [0.1, 0.15) is 22.5 Å². The summed E-state index contributed by atoms with van der Waals surface area (Å²) < 4.78 is 35.2. The average Bonchev–Trinajstić information content (AvgIpc) is 2.94. The Kier molecular flexibility index (Phi) is 5.81. The molecule has 0 unspecified atom stereocenters. The number of rotatable bonds is 6. The highest BCUT2D eigenvalue weighted by Crippen LogP contribution is 2.30. The Morgan fingerprint density at radius 3 is 2.64 bits per heavy atom. The Morgan fingerprint density at radius 1 is 1.32 bits per heavy atom. The standard InChI is InChI=1S/C15H15ClN2O6S/c1-9-13(14(17-24-9)10-5-3-4-6-11(10)16)15(20)18-25(21,22)8-7-12(19)23-2/h3-6H,7-8H2,1-2H3,(H,18,20). The maximum Gasteiger partial charge on any atom is 0.306 e. The van der Waals surface area contributed by atoms with Crippen molar-refractivity contribution in [1.29, 1.82) is 0 Å². The van der Waals surface area contributed by atoms with Gasteiger partial charge < -0.3 is 9.26 Å². The SMILES string of the molecule is COC(=O)CCS(=O)(=O)NC(=O)c1c(-c2ccccc2Cl)noc1C. The average molecular weight is 387 g/mol. The fourth-order valence-corrected chi connectivity index (χ4v) is 3.19.